The van der Waals surface area contributed by atoms with Crippen molar-refractivity contribution >= 4 is 28.6 Å². The molecule has 0 unspecified atom stereocenters. The molecule has 0 aliphatic rings. The van der Waals surface area contributed by atoms with Crippen LogP contribution in [0.15, 0.2) is 29.1 Å². The van der Waals surface area contributed by atoms with E-state index in [-0.39, 0.29) is 29.5 Å². The molecule has 0 fully saturated rings. The third kappa shape index (κ3) is 3.44. The molecular formula is C16H17N3O6. The Bertz CT molecular complexity index is 903. The number of aromatic hydroxyl groups is 1. The number of aromatic nitrogens is 1. The molecule has 1 aromatic heterocycles. The molecule has 0 aliphatic carbocycles. The molecule has 0 aliphatic heterocycles. The number of rotatable bonds is 3. The van der Waals surface area contributed by atoms with Gasteiger partial charge in [0.2, 0.25) is 5.88 Å². The first-order chi connectivity index (χ1) is 11.9. The highest BCUT2D eigenvalue weighted by atomic mass is 16.5. The second-order valence-corrected chi connectivity index (χ2v) is 4.92. The van der Waals surface area contributed by atoms with Gasteiger partial charge in [0.15, 0.2) is 0 Å². The second-order valence-electron chi connectivity index (χ2n) is 4.92. The van der Waals surface area contributed by atoms with Gasteiger partial charge in [0.25, 0.3) is 11.5 Å². The van der Waals surface area contributed by atoms with Crippen LogP contribution in [0.4, 0.5) is 0 Å². The number of pyridine rings is 1. The van der Waals surface area contributed by atoms with E-state index >= 15 is 0 Å². The van der Waals surface area contributed by atoms with Crippen LogP contribution in [0.2, 0.25) is 0 Å². The van der Waals surface area contributed by atoms with Gasteiger partial charge in [-0.3, -0.25) is 29.8 Å². The Labute approximate surface area is 142 Å². The van der Waals surface area contributed by atoms with Gasteiger partial charge < -0.3 is 9.84 Å². The zero-order valence-corrected chi connectivity index (χ0v) is 13.7. The first-order valence-corrected chi connectivity index (χ1v) is 7.54. The third-order valence-electron chi connectivity index (χ3n) is 3.44. The SMILES string of the molecule is CCOC(=O)C(=O)NNC(=O)c1c(O)n(CC)c(=O)c2ccccc12. The fraction of sp³-hybridized carbons (Fsp3) is 0.250. The molecule has 9 nitrogen and oxygen atoms in total. The zero-order valence-electron chi connectivity index (χ0n) is 13.7. The topological polar surface area (TPSA) is 127 Å². The van der Waals surface area contributed by atoms with Gasteiger partial charge in [-0.05, 0) is 19.9 Å². The van der Waals surface area contributed by atoms with Gasteiger partial charge in [0, 0.05) is 17.3 Å². The molecule has 132 valence electrons. The Morgan fingerprint density at radius 1 is 1.12 bits per heavy atom. The van der Waals surface area contributed by atoms with Gasteiger partial charge in [-0.15, -0.1) is 0 Å². The number of hydrogen-bond donors (Lipinski definition) is 3. The van der Waals surface area contributed by atoms with E-state index in [1.54, 1.807) is 19.1 Å². The van der Waals surface area contributed by atoms with Crippen molar-refractivity contribution in [3.8, 4) is 5.88 Å². The largest absolute Gasteiger partial charge is 0.494 e. The molecule has 3 N–H and O–H groups in total. The highest BCUT2D eigenvalue weighted by Gasteiger charge is 2.22. The minimum atomic E-state index is -1.16. The number of ether oxygens (including phenoxy) is 1. The number of nitrogens with one attached hydrogen (secondary N) is 2. The smallest absolute Gasteiger partial charge is 0.398 e. The van der Waals surface area contributed by atoms with Crippen molar-refractivity contribution in [2.45, 2.75) is 20.4 Å². The maximum Gasteiger partial charge on any atom is 0.398 e. The van der Waals surface area contributed by atoms with Crippen LogP contribution in [-0.2, 0) is 20.9 Å². The van der Waals surface area contributed by atoms with Crippen LogP contribution in [0.3, 0.4) is 0 Å². The Balaban J connectivity index is 2.40. The lowest BCUT2D eigenvalue weighted by molar-refractivity contribution is -0.154. The second kappa shape index (κ2) is 7.47. The number of carbonyl (C=O) groups is 3. The number of benzene rings is 1. The van der Waals surface area contributed by atoms with E-state index in [0.717, 1.165) is 4.57 Å². The molecule has 2 amide bonds. The van der Waals surface area contributed by atoms with Gasteiger partial charge in [0.05, 0.1) is 6.61 Å². The van der Waals surface area contributed by atoms with Crippen molar-refractivity contribution in [2.75, 3.05) is 6.61 Å². The lowest BCUT2D eigenvalue weighted by Crippen LogP contribution is -2.45. The molecule has 1 aromatic carbocycles. The van der Waals surface area contributed by atoms with Crippen molar-refractivity contribution < 1.29 is 24.2 Å². The average molecular weight is 347 g/mol. The third-order valence-corrected chi connectivity index (χ3v) is 3.44. The highest BCUT2D eigenvalue weighted by Crippen LogP contribution is 2.24. The standard InChI is InChI=1S/C16H17N3O6/c1-3-19-14(22)10-8-6-5-7-9(10)11(15(19)23)12(20)17-18-13(21)16(24)25-4-2/h5-8,23H,3-4H2,1-2H3,(H,17,20)(H,18,21). The molecule has 0 saturated heterocycles. The number of hydrazine groups is 1. The van der Waals surface area contributed by atoms with Crippen LogP contribution >= 0.6 is 0 Å². The Kier molecular flexibility index (Phi) is 5.38. The maximum atomic E-state index is 12.4. The number of nitrogens with zero attached hydrogens (tertiary/aromatic N) is 1. The molecule has 0 atom stereocenters. The van der Waals surface area contributed by atoms with Crippen molar-refractivity contribution in [3.05, 3.63) is 40.2 Å². The number of hydrogen-bond acceptors (Lipinski definition) is 6. The minimum Gasteiger partial charge on any atom is -0.494 e. The maximum absolute atomic E-state index is 12.4. The van der Waals surface area contributed by atoms with E-state index < -0.39 is 29.2 Å². The fourth-order valence-corrected chi connectivity index (χ4v) is 2.33. The van der Waals surface area contributed by atoms with E-state index in [9.17, 15) is 24.3 Å². The van der Waals surface area contributed by atoms with Crippen LogP contribution in [-0.4, -0.2) is 34.1 Å². The quantitative estimate of drug-likeness (QED) is 0.409. The van der Waals surface area contributed by atoms with E-state index in [0.29, 0.717) is 0 Å². The van der Waals surface area contributed by atoms with E-state index in [1.165, 1.54) is 19.1 Å². The zero-order chi connectivity index (χ0) is 18.6. The summed E-state index contributed by atoms with van der Waals surface area (Å²) < 4.78 is 5.52. The molecule has 0 spiro atoms. The predicted molar refractivity (Wildman–Crippen MR) is 87.8 cm³/mol. The summed E-state index contributed by atoms with van der Waals surface area (Å²) in [6.45, 7) is 3.32. The van der Waals surface area contributed by atoms with Gasteiger partial charge in [0.1, 0.15) is 5.56 Å². The van der Waals surface area contributed by atoms with Gasteiger partial charge in [-0.2, -0.15) is 0 Å². The molecule has 0 saturated carbocycles. The summed E-state index contributed by atoms with van der Waals surface area (Å²) in [5.41, 5.74) is 3.29. The Morgan fingerprint density at radius 2 is 1.76 bits per heavy atom. The average Bonchev–Trinajstić information content (AvgIpc) is 2.60. The molecule has 25 heavy (non-hydrogen) atoms. The first kappa shape index (κ1) is 18.0. The van der Waals surface area contributed by atoms with E-state index in [4.69, 9.17) is 0 Å². The van der Waals surface area contributed by atoms with Gasteiger partial charge in [-0.1, -0.05) is 18.2 Å². The number of fused-ring (bicyclic) bond motifs is 1. The first-order valence-electron chi connectivity index (χ1n) is 7.54. The highest BCUT2D eigenvalue weighted by molar-refractivity contribution is 6.32. The Morgan fingerprint density at radius 3 is 2.36 bits per heavy atom. The summed E-state index contributed by atoms with van der Waals surface area (Å²) in [5, 5.41) is 10.8. The van der Waals surface area contributed by atoms with Gasteiger partial charge >= 0.3 is 11.9 Å². The lowest BCUT2D eigenvalue weighted by atomic mass is 10.1. The molecule has 2 aromatic rings. The van der Waals surface area contributed by atoms with Gasteiger partial charge in [-0.25, -0.2) is 4.79 Å². The van der Waals surface area contributed by atoms with Crippen LogP contribution in [0.5, 0.6) is 5.88 Å². The van der Waals surface area contributed by atoms with E-state index in [1.807, 2.05) is 10.9 Å². The molecule has 1 heterocycles. The summed E-state index contributed by atoms with van der Waals surface area (Å²) >= 11 is 0. The van der Waals surface area contributed by atoms with Crippen LogP contribution in [0.1, 0.15) is 24.2 Å². The molecule has 0 radical (unpaired) electrons. The summed E-state index contributed by atoms with van der Waals surface area (Å²) in [6.07, 6.45) is 0. The lowest BCUT2D eigenvalue weighted by Gasteiger charge is -2.14. The summed E-state index contributed by atoms with van der Waals surface area (Å²) in [4.78, 5) is 47.4. The van der Waals surface area contributed by atoms with Crippen LogP contribution in [0, 0.1) is 0 Å². The van der Waals surface area contributed by atoms with Crippen LogP contribution < -0.4 is 16.4 Å². The predicted octanol–water partition coefficient (Wildman–Crippen LogP) is 0.0511. The minimum absolute atomic E-state index is 0.00703. The monoisotopic (exact) mass is 347 g/mol. The van der Waals surface area contributed by atoms with Crippen molar-refractivity contribution in [1.29, 1.82) is 0 Å². The summed E-state index contributed by atoms with van der Waals surface area (Å²) in [5.74, 6) is -3.74. The Hall–Kier alpha value is -3.36. The number of carbonyl (C=O) groups excluding carboxylic acids is 3. The fourth-order valence-electron chi connectivity index (χ4n) is 2.33. The number of amides is 2. The summed E-state index contributed by atoms with van der Waals surface area (Å²) in [7, 11) is 0. The van der Waals surface area contributed by atoms with Crippen molar-refractivity contribution in [3.63, 3.8) is 0 Å². The molecule has 2 rings (SSSR count). The number of esters is 1. The van der Waals surface area contributed by atoms with E-state index in [2.05, 4.69) is 4.74 Å². The summed E-state index contributed by atoms with van der Waals surface area (Å²) in [6, 6.07) is 6.26. The van der Waals surface area contributed by atoms with Crippen molar-refractivity contribution in [2.24, 2.45) is 0 Å². The van der Waals surface area contributed by atoms with Crippen LogP contribution in [0.25, 0.3) is 10.8 Å². The molecule has 9 heteroatoms. The normalized spacial score (nSPS) is 10.3. The molecule has 0 bridgehead atoms. The van der Waals surface area contributed by atoms with Crippen molar-refractivity contribution in [1.82, 2.24) is 15.4 Å². The molecular weight excluding hydrogens is 330 g/mol.